The molecule has 0 spiro atoms. The molecule has 1 unspecified atom stereocenters. The van der Waals surface area contributed by atoms with Gasteiger partial charge in [-0.1, -0.05) is 78.3 Å². The summed E-state index contributed by atoms with van der Waals surface area (Å²) in [7, 11) is 0. The van der Waals surface area contributed by atoms with E-state index in [9.17, 15) is 0 Å². The molecule has 1 atom stereocenters. The molecule has 0 heterocycles. The van der Waals surface area contributed by atoms with Gasteiger partial charge in [0, 0.05) is 6.42 Å². The van der Waals surface area contributed by atoms with E-state index in [0.717, 1.165) is 17.8 Å². The minimum Gasteiger partial charge on any atom is -0.278 e. The molecular formula is C23H26N2. The van der Waals surface area contributed by atoms with Gasteiger partial charge < -0.3 is 0 Å². The summed E-state index contributed by atoms with van der Waals surface area (Å²) < 4.78 is 0. The van der Waals surface area contributed by atoms with Gasteiger partial charge in [0.1, 0.15) is 0 Å². The van der Waals surface area contributed by atoms with Crippen molar-refractivity contribution >= 4 is 11.4 Å². The van der Waals surface area contributed by atoms with Crippen LogP contribution in [0, 0.1) is 12.8 Å². The van der Waals surface area contributed by atoms with Gasteiger partial charge in [-0.15, -0.1) is 0 Å². The average molecular weight is 330 g/mol. The largest absolute Gasteiger partial charge is 0.278 e. The van der Waals surface area contributed by atoms with Crippen LogP contribution in [0.3, 0.4) is 0 Å². The molecule has 2 aromatic rings. The third-order valence-electron chi connectivity index (χ3n) is 5.08. The second kappa shape index (κ2) is 7.52. The van der Waals surface area contributed by atoms with E-state index in [0.29, 0.717) is 5.92 Å². The van der Waals surface area contributed by atoms with Crippen molar-refractivity contribution in [1.29, 1.82) is 0 Å². The number of benzene rings is 2. The topological polar surface area (TPSA) is 24.4 Å². The van der Waals surface area contributed by atoms with Crippen LogP contribution < -0.4 is 5.43 Å². The zero-order valence-corrected chi connectivity index (χ0v) is 15.5. The molecule has 25 heavy (non-hydrogen) atoms. The highest BCUT2D eigenvalue weighted by Gasteiger charge is 2.21. The molecule has 2 nitrogen and oxygen atoms in total. The molecule has 0 saturated carbocycles. The second-order valence-corrected chi connectivity index (χ2v) is 6.85. The second-order valence-electron chi connectivity index (χ2n) is 6.85. The summed E-state index contributed by atoms with van der Waals surface area (Å²) >= 11 is 0. The van der Waals surface area contributed by atoms with Crippen molar-refractivity contribution in [3.63, 3.8) is 0 Å². The molecule has 1 aliphatic rings. The predicted molar refractivity (Wildman–Crippen MR) is 108 cm³/mol. The third-order valence-corrected chi connectivity index (χ3v) is 5.08. The Morgan fingerprint density at radius 2 is 1.64 bits per heavy atom. The summed E-state index contributed by atoms with van der Waals surface area (Å²) in [6, 6.07) is 18.7. The Morgan fingerprint density at radius 3 is 2.28 bits per heavy atom. The summed E-state index contributed by atoms with van der Waals surface area (Å²) in [6.45, 7) is 8.81. The fourth-order valence-electron chi connectivity index (χ4n) is 3.31. The van der Waals surface area contributed by atoms with Gasteiger partial charge in [-0.25, -0.2) is 0 Å². The van der Waals surface area contributed by atoms with Crippen LogP contribution in [0.1, 0.15) is 38.3 Å². The highest BCUT2D eigenvalue weighted by molar-refractivity contribution is 6.02. The standard InChI is InChI=1S/C23H26N2/c1-16-10-8-9-13-22(16)24-25-23(20-11-6-5-7-12-20)15-21-18(3)14-17(2)19(21)4/h5-14,19,24H,15H2,1-4H3. The van der Waals surface area contributed by atoms with Crippen molar-refractivity contribution in [3.05, 3.63) is 88.5 Å². The number of hydrogen-bond donors (Lipinski definition) is 1. The average Bonchev–Trinajstić information content (AvgIpc) is 2.86. The van der Waals surface area contributed by atoms with Crippen molar-refractivity contribution in [2.24, 2.45) is 11.0 Å². The first-order valence-corrected chi connectivity index (χ1v) is 8.87. The van der Waals surface area contributed by atoms with Crippen LogP contribution >= 0.6 is 0 Å². The quantitative estimate of drug-likeness (QED) is 0.519. The van der Waals surface area contributed by atoms with Crippen molar-refractivity contribution in [2.75, 3.05) is 5.43 Å². The molecule has 0 amide bonds. The lowest BCUT2D eigenvalue weighted by Crippen LogP contribution is -2.10. The first-order valence-electron chi connectivity index (χ1n) is 8.87. The third kappa shape index (κ3) is 3.90. The zero-order valence-electron chi connectivity index (χ0n) is 15.5. The first kappa shape index (κ1) is 17.2. The highest BCUT2D eigenvalue weighted by atomic mass is 15.3. The lowest BCUT2D eigenvalue weighted by Gasteiger charge is -2.15. The lowest BCUT2D eigenvalue weighted by atomic mass is 9.91. The summed E-state index contributed by atoms with van der Waals surface area (Å²) in [5.41, 5.74) is 12.0. The highest BCUT2D eigenvalue weighted by Crippen LogP contribution is 2.34. The molecule has 0 radical (unpaired) electrons. The van der Waals surface area contributed by atoms with Crippen LogP contribution in [0.4, 0.5) is 5.69 Å². The maximum atomic E-state index is 4.79. The Balaban J connectivity index is 1.90. The number of para-hydroxylation sites is 1. The Hall–Kier alpha value is -2.61. The van der Waals surface area contributed by atoms with E-state index < -0.39 is 0 Å². The lowest BCUT2D eigenvalue weighted by molar-refractivity contribution is 0.800. The number of allylic oxidation sites excluding steroid dienone is 4. The Labute approximate surface area is 151 Å². The molecule has 1 aliphatic carbocycles. The van der Waals surface area contributed by atoms with E-state index in [4.69, 9.17) is 5.10 Å². The van der Waals surface area contributed by atoms with Crippen LogP contribution in [0.15, 0.2) is 82.5 Å². The Bertz CT molecular complexity index is 841. The van der Waals surface area contributed by atoms with Gasteiger partial charge in [-0.2, -0.15) is 5.10 Å². The normalized spacial score (nSPS) is 17.7. The van der Waals surface area contributed by atoms with Gasteiger partial charge in [0.15, 0.2) is 0 Å². The van der Waals surface area contributed by atoms with Crippen LogP contribution in [0.2, 0.25) is 0 Å². The molecule has 0 aliphatic heterocycles. The summed E-state index contributed by atoms with van der Waals surface area (Å²) in [6.07, 6.45) is 3.17. The first-order chi connectivity index (χ1) is 12.1. The maximum Gasteiger partial charge on any atom is 0.0720 e. The van der Waals surface area contributed by atoms with Gasteiger partial charge in [0.2, 0.25) is 0 Å². The SMILES string of the molecule is CC1=CC(C)=C(CC(=NNc2ccccc2C)c2ccccc2)C1C. The minimum atomic E-state index is 0.493. The number of aryl methyl sites for hydroxylation is 1. The van der Waals surface area contributed by atoms with Crippen molar-refractivity contribution in [2.45, 2.75) is 34.1 Å². The van der Waals surface area contributed by atoms with Crippen LogP contribution in [-0.4, -0.2) is 5.71 Å². The molecule has 0 bridgehead atoms. The molecule has 2 heteroatoms. The van der Waals surface area contributed by atoms with E-state index in [2.05, 4.69) is 75.6 Å². The molecule has 0 aromatic heterocycles. The molecular weight excluding hydrogens is 304 g/mol. The number of hydrazone groups is 1. The smallest absolute Gasteiger partial charge is 0.0720 e. The van der Waals surface area contributed by atoms with Gasteiger partial charge in [0.05, 0.1) is 11.4 Å². The van der Waals surface area contributed by atoms with Crippen molar-refractivity contribution < 1.29 is 0 Å². The van der Waals surface area contributed by atoms with E-state index >= 15 is 0 Å². The van der Waals surface area contributed by atoms with Crippen LogP contribution in [-0.2, 0) is 0 Å². The number of hydrogen-bond acceptors (Lipinski definition) is 2. The molecule has 2 aromatic carbocycles. The van der Waals surface area contributed by atoms with E-state index in [1.54, 1.807) is 0 Å². The Kier molecular flexibility index (Phi) is 5.18. The predicted octanol–water partition coefficient (Wildman–Crippen LogP) is 6.11. The Morgan fingerprint density at radius 1 is 0.960 bits per heavy atom. The number of rotatable bonds is 5. The fourth-order valence-corrected chi connectivity index (χ4v) is 3.31. The van der Waals surface area contributed by atoms with E-state index in [1.807, 2.05) is 18.2 Å². The monoisotopic (exact) mass is 330 g/mol. The summed E-state index contributed by atoms with van der Waals surface area (Å²) in [4.78, 5) is 0. The molecule has 128 valence electrons. The molecule has 1 N–H and O–H groups in total. The van der Waals surface area contributed by atoms with E-state index in [1.165, 1.54) is 27.8 Å². The maximum absolute atomic E-state index is 4.79. The van der Waals surface area contributed by atoms with Gasteiger partial charge in [0.25, 0.3) is 0 Å². The minimum absolute atomic E-state index is 0.493. The summed E-state index contributed by atoms with van der Waals surface area (Å²) in [5.74, 6) is 0.493. The molecule has 0 fully saturated rings. The van der Waals surface area contributed by atoms with Gasteiger partial charge >= 0.3 is 0 Å². The fraction of sp³-hybridized carbons (Fsp3) is 0.261. The summed E-state index contributed by atoms with van der Waals surface area (Å²) in [5, 5.41) is 4.79. The van der Waals surface area contributed by atoms with Gasteiger partial charge in [-0.05, 0) is 43.9 Å². The van der Waals surface area contributed by atoms with Crippen LogP contribution in [0.5, 0.6) is 0 Å². The van der Waals surface area contributed by atoms with Gasteiger partial charge in [-0.3, -0.25) is 5.43 Å². The van der Waals surface area contributed by atoms with Crippen molar-refractivity contribution in [1.82, 2.24) is 0 Å². The van der Waals surface area contributed by atoms with Crippen LogP contribution in [0.25, 0.3) is 0 Å². The van der Waals surface area contributed by atoms with Crippen molar-refractivity contribution in [3.8, 4) is 0 Å². The molecule has 3 rings (SSSR count). The number of nitrogens with one attached hydrogen (secondary N) is 1. The number of anilines is 1. The number of nitrogens with zero attached hydrogens (tertiary/aromatic N) is 1. The molecule has 0 saturated heterocycles. The zero-order chi connectivity index (χ0) is 17.8. The van der Waals surface area contributed by atoms with E-state index in [-0.39, 0.29) is 0 Å².